The van der Waals surface area contributed by atoms with Crippen LogP contribution in [-0.2, 0) is 12.8 Å². The van der Waals surface area contributed by atoms with Crippen LogP contribution in [0.2, 0.25) is 0 Å². The van der Waals surface area contributed by atoms with E-state index in [9.17, 15) is 30.6 Å². The summed E-state index contributed by atoms with van der Waals surface area (Å²) in [6.07, 6.45) is 8.26. The van der Waals surface area contributed by atoms with Gasteiger partial charge >= 0.3 is 0 Å². The van der Waals surface area contributed by atoms with E-state index in [0.29, 0.717) is 47.9 Å². The van der Waals surface area contributed by atoms with Gasteiger partial charge in [0.1, 0.15) is 11.5 Å². The van der Waals surface area contributed by atoms with Crippen LogP contribution in [0.15, 0.2) is 47.6 Å². The van der Waals surface area contributed by atoms with Gasteiger partial charge in [0.2, 0.25) is 0 Å². The molecular formula is C29H38O6. The summed E-state index contributed by atoms with van der Waals surface area (Å²) in [5.74, 6) is -0.423. The predicted octanol–water partition coefficient (Wildman–Crippen LogP) is 5.59. The third-order valence-corrected chi connectivity index (χ3v) is 5.90. The summed E-state index contributed by atoms with van der Waals surface area (Å²) in [6, 6.07) is 6.33. The van der Waals surface area contributed by atoms with Gasteiger partial charge in [-0.3, -0.25) is 0 Å². The largest absolute Gasteiger partial charge is 0.507 e. The molecule has 6 nitrogen and oxygen atoms in total. The van der Waals surface area contributed by atoms with Crippen molar-refractivity contribution in [2.75, 3.05) is 0 Å². The first kappa shape index (κ1) is 28.0. The van der Waals surface area contributed by atoms with E-state index in [-0.39, 0.29) is 23.0 Å². The van der Waals surface area contributed by atoms with Gasteiger partial charge in [0, 0.05) is 11.1 Å². The first-order chi connectivity index (χ1) is 16.3. The summed E-state index contributed by atoms with van der Waals surface area (Å²) in [6.45, 7) is 8.95. The highest BCUT2D eigenvalue weighted by molar-refractivity contribution is 5.73. The molecule has 0 saturated heterocycles. The van der Waals surface area contributed by atoms with Crippen molar-refractivity contribution in [1.29, 1.82) is 0 Å². The number of aliphatic hydroxyl groups excluding tert-OH is 1. The number of rotatable bonds is 10. The van der Waals surface area contributed by atoms with Crippen molar-refractivity contribution in [3.05, 3.63) is 69.8 Å². The normalized spacial score (nSPS) is 13.3. The number of aliphatic hydroxyl groups is 2. The van der Waals surface area contributed by atoms with E-state index in [0.717, 1.165) is 11.1 Å². The zero-order valence-electron chi connectivity index (χ0n) is 21.2. The zero-order chi connectivity index (χ0) is 26.3. The van der Waals surface area contributed by atoms with Gasteiger partial charge in [-0.05, 0) is 95.7 Å². The summed E-state index contributed by atoms with van der Waals surface area (Å²) in [7, 11) is 0. The molecule has 190 valence electrons. The molecule has 0 fully saturated rings. The molecule has 2 rings (SSSR count). The third kappa shape index (κ3) is 8.50. The van der Waals surface area contributed by atoms with E-state index >= 15 is 0 Å². The van der Waals surface area contributed by atoms with Crippen molar-refractivity contribution in [3.63, 3.8) is 0 Å². The molecule has 0 radical (unpaired) electrons. The Balaban J connectivity index is 2.18. The van der Waals surface area contributed by atoms with Gasteiger partial charge < -0.3 is 30.6 Å². The first-order valence-electron chi connectivity index (χ1n) is 11.7. The summed E-state index contributed by atoms with van der Waals surface area (Å²) < 4.78 is 0. The van der Waals surface area contributed by atoms with Crippen LogP contribution in [-0.4, -0.2) is 42.3 Å². The van der Waals surface area contributed by atoms with E-state index in [1.54, 1.807) is 44.2 Å². The van der Waals surface area contributed by atoms with Crippen LogP contribution in [0.5, 0.6) is 23.0 Å². The molecule has 0 saturated carbocycles. The Kier molecular flexibility index (Phi) is 9.57. The quantitative estimate of drug-likeness (QED) is 0.149. The van der Waals surface area contributed by atoms with Crippen molar-refractivity contribution in [1.82, 2.24) is 0 Å². The molecule has 0 aliphatic rings. The van der Waals surface area contributed by atoms with Gasteiger partial charge in [0.15, 0.2) is 11.5 Å². The molecular weight excluding hydrogens is 444 g/mol. The van der Waals surface area contributed by atoms with Crippen LogP contribution in [0, 0.1) is 0 Å². The molecule has 0 aliphatic heterocycles. The van der Waals surface area contributed by atoms with Crippen LogP contribution in [0.1, 0.15) is 69.7 Å². The Bertz CT molecular complexity index is 1090. The smallest absolute Gasteiger partial charge is 0.161 e. The molecule has 1 atom stereocenters. The molecule has 0 heterocycles. The van der Waals surface area contributed by atoms with Gasteiger partial charge in [-0.25, -0.2) is 0 Å². The summed E-state index contributed by atoms with van der Waals surface area (Å²) in [5.41, 5.74) is 3.16. The average molecular weight is 483 g/mol. The molecule has 6 N–H and O–H groups in total. The molecule has 2 aromatic rings. The minimum absolute atomic E-state index is 0.00621. The van der Waals surface area contributed by atoms with Gasteiger partial charge in [-0.1, -0.05) is 35.5 Å². The number of aromatic hydroxyl groups is 4. The van der Waals surface area contributed by atoms with E-state index in [1.165, 1.54) is 6.07 Å². The summed E-state index contributed by atoms with van der Waals surface area (Å²) in [5, 5.41) is 61.0. The lowest BCUT2D eigenvalue weighted by Gasteiger charge is -2.24. The maximum atomic E-state index is 10.3. The Morgan fingerprint density at radius 1 is 0.829 bits per heavy atom. The molecule has 1 unspecified atom stereocenters. The highest BCUT2D eigenvalue weighted by Gasteiger charge is 2.23. The van der Waals surface area contributed by atoms with Crippen LogP contribution in [0.3, 0.4) is 0 Å². The summed E-state index contributed by atoms with van der Waals surface area (Å²) >= 11 is 0. The molecule has 0 amide bonds. The average Bonchev–Trinajstić information content (AvgIpc) is 2.75. The highest BCUT2D eigenvalue weighted by Crippen LogP contribution is 2.33. The standard InChI is InChI=1S/C29H38O6/c1-18(2)6-12-23-24(30)15-21(16-25(23)31)10-9-20-14-22(28(34)26(32)17-20)11-7-19(3)8-13-27(33)29(4,5)35/h6-7,9-10,14-17,27,30-35H,8,11-13H2,1-5H3/b10-9+,19-7+. The number of phenols is 4. The molecule has 0 bridgehead atoms. The van der Waals surface area contributed by atoms with Gasteiger partial charge in [-0.15, -0.1) is 0 Å². The second-order valence-corrected chi connectivity index (χ2v) is 9.87. The SMILES string of the molecule is CC(C)=CCc1c(O)cc(/C=C/c2cc(O)c(O)c(C/C=C(\C)CCC(O)C(C)(C)O)c2)cc1O. The van der Waals surface area contributed by atoms with Crippen LogP contribution in [0.25, 0.3) is 12.2 Å². The van der Waals surface area contributed by atoms with E-state index < -0.39 is 11.7 Å². The van der Waals surface area contributed by atoms with Crippen molar-refractivity contribution in [2.24, 2.45) is 0 Å². The number of hydrogen-bond donors (Lipinski definition) is 6. The lowest BCUT2D eigenvalue weighted by molar-refractivity contribution is -0.0509. The minimum atomic E-state index is -1.16. The maximum absolute atomic E-state index is 10.3. The zero-order valence-corrected chi connectivity index (χ0v) is 21.2. The fourth-order valence-corrected chi connectivity index (χ4v) is 3.52. The Morgan fingerprint density at radius 3 is 1.91 bits per heavy atom. The van der Waals surface area contributed by atoms with Crippen molar-refractivity contribution < 1.29 is 30.6 Å². The number of allylic oxidation sites excluding steroid dienone is 4. The van der Waals surface area contributed by atoms with Gasteiger partial charge in [0.05, 0.1) is 11.7 Å². The molecule has 2 aromatic carbocycles. The number of hydrogen-bond acceptors (Lipinski definition) is 6. The second kappa shape index (κ2) is 12.0. The number of phenolic OH excluding ortho intramolecular Hbond substituents is 4. The predicted molar refractivity (Wildman–Crippen MR) is 141 cm³/mol. The maximum Gasteiger partial charge on any atom is 0.161 e. The van der Waals surface area contributed by atoms with E-state index in [2.05, 4.69) is 0 Å². The Hall–Kier alpha value is -3.22. The monoisotopic (exact) mass is 482 g/mol. The van der Waals surface area contributed by atoms with E-state index in [1.807, 2.05) is 32.9 Å². The number of benzene rings is 2. The fraction of sp³-hybridized carbons (Fsp3) is 0.379. The lowest BCUT2D eigenvalue weighted by atomic mass is 9.95. The van der Waals surface area contributed by atoms with Crippen molar-refractivity contribution >= 4 is 12.2 Å². The third-order valence-electron chi connectivity index (χ3n) is 5.90. The van der Waals surface area contributed by atoms with Crippen LogP contribution < -0.4 is 0 Å². The van der Waals surface area contributed by atoms with E-state index in [4.69, 9.17) is 0 Å². The topological polar surface area (TPSA) is 121 Å². The Labute approximate surface area is 207 Å². The Morgan fingerprint density at radius 2 is 1.37 bits per heavy atom. The minimum Gasteiger partial charge on any atom is -0.507 e. The van der Waals surface area contributed by atoms with Crippen LogP contribution in [0.4, 0.5) is 0 Å². The molecule has 0 aliphatic carbocycles. The van der Waals surface area contributed by atoms with Crippen molar-refractivity contribution in [3.8, 4) is 23.0 Å². The van der Waals surface area contributed by atoms with Crippen LogP contribution >= 0.6 is 0 Å². The fourth-order valence-electron chi connectivity index (χ4n) is 3.52. The second-order valence-electron chi connectivity index (χ2n) is 9.87. The molecule has 0 aromatic heterocycles. The van der Waals surface area contributed by atoms with Crippen molar-refractivity contribution in [2.45, 2.75) is 72.0 Å². The lowest BCUT2D eigenvalue weighted by Crippen LogP contribution is -2.35. The van der Waals surface area contributed by atoms with Gasteiger partial charge in [0.25, 0.3) is 0 Å². The molecule has 6 heteroatoms. The van der Waals surface area contributed by atoms with Gasteiger partial charge in [-0.2, -0.15) is 0 Å². The molecule has 0 spiro atoms. The molecule has 35 heavy (non-hydrogen) atoms. The summed E-state index contributed by atoms with van der Waals surface area (Å²) in [4.78, 5) is 0. The first-order valence-corrected chi connectivity index (χ1v) is 11.7. The highest BCUT2D eigenvalue weighted by atomic mass is 16.3.